The summed E-state index contributed by atoms with van der Waals surface area (Å²) in [6.07, 6.45) is 3.05. The lowest BCUT2D eigenvalue weighted by molar-refractivity contribution is -0.121. The van der Waals surface area contributed by atoms with E-state index in [0.29, 0.717) is 44.3 Å². The fourth-order valence-electron chi connectivity index (χ4n) is 4.53. The Morgan fingerprint density at radius 2 is 1.81 bits per heavy atom. The van der Waals surface area contributed by atoms with Crippen molar-refractivity contribution in [1.82, 2.24) is 4.31 Å². The maximum Gasteiger partial charge on any atom is 0.243 e. The maximum atomic E-state index is 13.3. The van der Waals surface area contributed by atoms with Crippen molar-refractivity contribution in [3.05, 3.63) is 53.1 Å². The molecule has 8 heteroatoms. The first-order chi connectivity index (χ1) is 15.2. The highest BCUT2D eigenvalue weighted by molar-refractivity contribution is 7.89. The Morgan fingerprint density at radius 1 is 1.06 bits per heavy atom. The number of nitrogens with one attached hydrogen (secondary N) is 2. The van der Waals surface area contributed by atoms with Gasteiger partial charge < -0.3 is 10.6 Å². The van der Waals surface area contributed by atoms with E-state index in [0.717, 1.165) is 22.4 Å². The number of benzene rings is 2. The lowest BCUT2D eigenvalue weighted by atomic mass is 9.98. The zero-order valence-corrected chi connectivity index (χ0v) is 19.3. The van der Waals surface area contributed by atoms with E-state index in [9.17, 15) is 18.0 Å². The molecule has 2 aromatic carbocycles. The number of sulfonamides is 1. The summed E-state index contributed by atoms with van der Waals surface area (Å²) in [7, 11) is -3.73. The highest BCUT2D eigenvalue weighted by atomic mass is 32.2. The molecule has 0 unspecified atom stereocenters. The lowest BCUT2D eigenvalue weighted by Crippen LogP contribution is -2.43. The van der Waals surface area contributed by atoms with Crippen molar-refractivity contribution < 1.29 is 18.0 Å². The molecule has 32 heavy (non-hydrogen) atoms. The lowest BCUT2D eigenvalue weighted by Gasteiger charge is -2.31. The number of fused-ring (bicyclic) bond motifs is 1. The number of piperidine rings is 1. The van der Waals surface area contributed by atoms with E-state index < -0.39 is 15.9 Å². The van der Waals surface area contributed by atoms with Crippen LogP contribution in [-0.4, -0.2) is 37.6 Å². The number of carbonyl (C=O) groups excluding carboxylic acids is 2. The van der Waals surface area contributed by atoms with Gasteiger partial charge in [-0.05, 0) is 86.6 Å². The number of hydrogen-bond acceptors (Lipinski definition) is 4. The predicted molar refractivity (Wildman–Crippen MR) is 124 cm³/mol. The van der Waals surface area contributed by atoms with Crippen LogP contribution < -0.4 is 10.6 Å². The standard InChI is InChI=1S/C24H29N3O4S/c1-16-11-17(2)13-20(12-16)25-24(29)19-6-4-10-27(15-19)32(30,31)21-8-9-22-18(14-21)5-3-7-23(28)26-22/h8-9,11-14,19H,3-7,10,15H2,1-2H3,(H,25,29)(H,26,28)/t19-/m0/s1. The van der Waals surface area contributed by atoms with Crippen LogP contribution in [0.4, 0.5) is 11.4 Å². The van der Waals surface area contributed by atoms with E-state index >= 15 is 0 Å². The second kappa shape index (κ2) is 9.03. The summed E-state index contributed by atoms with van der Waals surface area (Å²) in [6, 6.07) is 10.7. The number of carbonyl (C=O) groups is 2. The number of hydrogen-bond donors (Lipinski definition) is 2. The number of amides is 2. The minimum absolute atomic E-state index is 0.0481. The normalized spacial score (nSPS) is 19.6. The van der Waals surface area contributed by atoms with Gasteiger partial charge in [0.05, 0.1) is 10.8 Å². The van der Waals surface area contributed by atoms with Crippen LogP contribution in [0.2, 0.25) is 0 Å². The van der Waals surface area contributed by atoms with Gasteiger partial charge >= 0.3 is 0 Å². The van der Waals surface area contributed by atoms with Crippen molar-refractivity contribution >= 4 is 33.2 Å². The van der Waals surface area contributed by atoms with Crippen molar-refractivity contribution in [1.29, 1.82) is 0 Å². The number of nitrogens with zero attached hydrogens (tertiary/aromatic N) is 1. The second-order valence-electron chi connectivity index (χ2n) is 8.79. The van der Waals surface area contributed by atoms with Crippen LogP contribution in [0.5, 0.6) is 0 Å². The molecule has 1 saturated heterocycles. The summed E-state index contributed by atoms with van der Waals surface area (Å²) in [5, 5.41) is 5.79. The molecule has 0 bridgehead atoms. The van der Waals surface area contributed by atoms with Gasteiger partial charge in [-0.15, -0.1) is 0 Å². The minimum atomic E-state index is -3.73. The fourth-order valence-corrected chi connectivity index (χ4v) is 6.10. The van der Waals surface area contributed by atoms with Gasteiger partial charge in [0.1, 0.15) is 0 Å². The molecule has 0 saturated carbocycles. The van der Waals surface area contributed by atoms with E-state index in [1.54, 1.807) is 18.2 Å². The van der Waals surface area contributed by atoms with Crippen LogP contribution in [0, 0.1) is 19.8 Å². The third-order valence-corrected chi connectivity index (χ3v) is 7.94. The topological polar surface area (TPSA) is 95.6 Å². The van der Waals surface area contributed by atoms with Crippen molar-refractivity contribution in [2.45, 2.75) is 50.8 Å². The number of anilines is 2. The average Bonchev–Trinajstić information content (AvgIpc) is 2.93. The molecule has 2 heterocycles. The molecule has 0 aliphatic carbocycles. The van der Waals surface area contributed by atoms with Crippen molar-refractivity contribution in [3.63, 3.8) is 0 Å². The Bertz CT molecular complexity index is 1140. The first kappa shape index (κ1) is 22.5. The Kier molecular flexibility index (Phi) is 6.35. The summed E-state index contributed by atoms with van der Waals surface area (Å²) >= 11 is 0. The maximum absolute atomic E-state index is 13.3. The highest BCUT2D eigenvalue weighted by Crippen LogP contribution is 2.29. The van der Waals surface area contributed by atoms with E-state index in [1.165, 1.54) is 4.31 Å². The van der Waals surface area contributed by atoms with E-state index in [4.69, 9.17) is 0 Å². The third kappa shape index (κ3) is 4.86. The largest absolute Gasteiger partial charge is 0.326 e. The zero-order valence-electron chi connectivity index (χ0n) is 18.5. The number of aryl methyl sites for hydroxylation is 3. The summed E-state index contributed by atoms with van der Waals surface area (Å²) in [6.45, 7) is 4.50. The van der Waals surface area contributed by atoms with Gasteiger partial charge in [0.15, 0.2) is 0 Å². The van der Waals surface area contributed by atoms with Gasteiger partial charge in [-0.3, -0.25) is 9.59 Å². The molecule has 7 nitrogen and oxygen atoms in total. The molecule has 2 aliphatic rings. The molecular formula is C24H29N3O4S. The third-order valence-electron chi connectivity index (χ3n) is 6.08. The van der Waals surface area contributed by atoms with Crippen LogP contribution in [0.15, 0.2) is 41.3 Å². The molecule has 2 aliphatic heterocycles. The van der Waals surface area contributed by atoms with E-state index in [2.05, 4.69) is 10.6 Å². The van der Waals surface area contributed by atoms with Crippen LogP contribution in [0.3, 0.4) is 0 Å². The molecule has 0 aromatic heterocycles. The molecule has 1 atom stereocenters. The van der Waals surface area contributed by atoms with Gasteiger partial charge in [-0.25, -0.2) is 8.42 Å². The van der Waals surface area contributed by atoms with Crippen molar-refractivity contribution in [2.75, 3.05) is 23.7 Å². The van der Waals surface area contributed by atoms with Crippen molar-refractivity contribution in [3.8, 4) is 0 Å². The van der Waals surface area contributed by atoms with E-state index in [-0.39, 0.29) is 23.3 Å². The summed E-state index contributed by atoms with van der Waals surface area (Å²) in [5.41, 5.74) is 4.37. The SMILES string of the molecule is Cc1cc(C)cc(NC(=O)[C@H]2CCCN(S(=O)(=O)c3ccc4c(c3)CCCC(=O)N4)C2)c1. The molecule has 2 aromatic rings. The molecule has 2 N–H and O–H groups in total. The first-order valence-corrected chi connectivity index (χ1v) is 12.5. The molecule has 1 fully saturated rings. The Balaban J connectivity index is 1.50. The van der Waals surface area contributed by atoms with Crippen molar-refractivity contribution in [2.24, 2.45) is 5.92 Å². The summed E-state index contributed by atoms with van der Waals surface area (Å²) in [5.74, 6) is -0.605. The molecule has 0 radical (unpaired) electrons. The molecule has 0 spiro atoms. The number of rotatable bonds is 4. The van der Waals surface area contributed by atoms with Gasteiger partial charge in [0.25, 0.3) is 0 Å². The summed E-state index contributed by atoms with van der Waals surface area (Å²) < 4.78 is 28.1. The predicted octanol–water partition coefficient (Wildman–Crippen LogP) is 3.62. The van der Waals surface area contributed by atoms with Gasteiger partial charge in [-0.1, -0.05) is 6.07 Å². The van der Waals surface area contributed by atoms with E-state index in [1.807, 2.05) is 32.0 Å². The average molecular weight is 456 g/mol. The highest BCUT2D eigenvalue weighted by Gasteiger charge is 2.34. The van der Waals surface area contributed by atoms with Crippen LogP contribution >= 0.6 is 0 Å². The molecule has 170 valence electrons. The van der Waals surface area contributed by atoms with Gasteiger partial charge in [0.2, 0.25) is 21.8 Å². The molecular weight excluding hydrogens is 426 g/mol. The van der Waals surface area contributed by atoms with Gasteiger partial charge in [0, 0.05) is 30.9 Å². The van der Waals surface area contributed by atoms with Crippen LogP contribution in [0.1, 0.15) is 42.4 Å². The monoisotopic (exact) mass is 455 g/mol. The molecule has 2 amide bonds. The minimum Gasteiger partial charge on any atom is -0.326 e. The second-order valence-corrected chi connectivity index (χ2v) is 10.7. The zero-order chi connectivity index (χ0) is 22.9. The van der Waals surface area contributed by atoms with Gasteiger partial charge in [-0.2, -0.15) is 4.31 Å². The Morgan fingerprint density at radius 3 is 2.56 bits per heavy atom. The first-order valence-electron chi connectivity index (χ1n) is 11.0. The smallest absolute Gasteiger partial charge is 0.243 e. The summed E-state index contributed by atoms with van der Waals surface area (Å²) in [4.78, 5) is 24.9. The van der Waals surface area contributed by atoms with Crippen LogP contribution in [0.25, 0.3) is 0 Å². The molecule has 4 rings (SSSR count). The Labute approximate surface area is 189 Å². The fraction of sp³-hybridized carbons (Fsp3) is 0.417. The van der Waals surface area contributed by atoms with Crippen LogP contribution in [-0.2, 0) is 26.0 Å². The quantitative estimate of drug-likeness (QED) is 0.736. The Hall–Kier alpha value is -2.71.